The molecule has 1 N–H and O–H groups in total. The summed E-state index contributed by atoms with van der Waals surface area (Å²) in [7, 11) is 0. The minimum Gasteiger partial charge on any atom is -0.474 e. The van der Waals surface area contributed by atoms with E-state index in [1.54, 1.807) is 6.20 Å². The molecule has 4 heteroatoms. The molecule has 1 saturated carbocycles. The van der Waals surface area contributed by atoms with Gasteiger partial charge >= 0.3 is 0 Å². The fraction of sp³-hybridized carbons (Fsp3) is 0.643. The van der Waals surface area contributed by atoms with Crippen LogP contribution in [0.5, 0.6) is 5.88 Å². The number of nitrogens with one attached hydrogen (secondary N) is 1. The monoisotopic (exact) mass is 268 g/mol. The number of hydrogen-bond acceptors (Lipinski definition) is 3. The number of hydrogen-bond donors (Lipinski definition) is 1. The maximum Gasteiger partial charge on any atom is 0.213 e. The molecule has 1 fully saturated rings. The smallest absolute Gasteiger partial charge is 0.213 e. The summed E-state index contributed by atoms with van der Waals surface area (Å²) in [5, 5.41) is 4.05. The van der Waals surface area contributed by atoms with Gasteiger partial charge in [0, 0.05) is 24.8 Å². The van der Waals surface area contributed by atoms with E-state index in [-0.39, 0.29) is 0 Å². The summed E-state index contributed by atoms with van der Waals surface area (Å²) in [6.45, 7) is 4.98. The van der Waals surface area contributed by atoms with E-state index in [1.807, 2.05) is 6.07 Å². The lowest BCUT2D eigenvalue weighted by molar-refractivity contribution is 0.201. The fourth-order valence-corrected chi connectivity index (χ4v) is 2.32. The molecule has 1 aliphatic carbocycles. The molecule has 1 heterocycles. The van der Waals surface area contributed by atoms with E-state index in [4.69, 9.17) is 16.3 Å². The van der Waals surface area contributed by atoms with Crippen molar-refractivity contribution in [1.29, 1.82) is 0 Å². The zero-order chi connectivity index (χ0) is 13.0. The highest BCUT2D eigenvalue weighted by molar-refractivity contribution is 6.31. The van der Waals surface area contributed by atoms with Crippen LogP contribution in [-0.2, 0) is 6.54 Å². The third kappa shape index (κ3) is 3.85. The van der Waals surface area contributed by atoms with Crippen molar-refractivity contribution < 1.29 is 4.74 Å². The molecule has 0 aliphatic heterocycles. The minimum absolute atomic E-state index is 0.338. The van der Waals surface area contributed by atoms with Crippen LogP contribution in [0.3, 0.4) is 0 Å². The van der Waals surface area contributed by atoms with Crippen LogP contribution in [0.2, 0.25) is 5.02 Å². The normalized spacial score (nSPS) is 16.4. The molecule has 3 nitrogen and oxygen atoms in total. The van der Waals surface area contributed by atoms with E-state index >= 15 is 0 Å². The summed E-state index contributed by atoms with van der Waals surface area (Å²) < 4.78 is 5.88. The Balaban J connectivity index is 2.00. The van der Waals surface area contributed by atoms with Crippen LogP contribution in [0.4, 0.5) is 0 Å². The number of pyridine rings is 1. The summed E-state index contributed by atoms with van der Waals surface area (Å²) in [6.07, 6.45) is 6.83. The molecule has 0 aromatic carbocycles. The number of nitrogens with zero attached hydrogens (tertiary/aromatic N) is 1. The van der Waals surface area contributed by atoms with Gasteiger partial charge < -0.3 is 10.1 Å². The molecule has 0 amide bonds. The Labute approximate surface area is 114 Å². The fourth-order valence-electron chi connectivity index (χ4n) is 2.15. The lowest BCUT2D eigenvalue weighted by Crippen LogP contribution is -2.22. The first-order chi connectivity index (χ1) is 8.65. The SMILES string of the molecule is CC(C)NCc1cc(OC2CCCC2)ncc1Cl. The highest BCUT2D eigenvalue weighted by Crippen LogP contribution is 2.25. The number of aromatic nitrogens is 1. The average molecular weight is 269 g/mol. The molecular weight excluding hydrogens is 248 g/mol. The first kappa shape index (κ1) is 13.6. The van der Waals surface area contributed by atoms with Gasteiger partial charge in [0.05, 0.1) is 5.02 Å². The van der Waals surface area contributed by atoms with Gasteiger partial charge in [0.25, 0.3) is 0 Å². The molecule has 0 saturated heterocycles. The molecule has 18 heavy (non-hydrogen) atoms. The molecule has 0 bridgehead atoms. The Morgan fingerprint density at radius 1 is 1.44 bits per heavy atom. The van der Waals surface area contributed by atoms with Crippen molar-refractivity contribution in [2.45, 2.75) is 58.2 Å². The van der Waals surface area contributed by atoms with Gasteiger partial charge in [0.15, 0.2) is 0 Å². The maximum atomic E-state index is 6.14. The Bertz CT molecular complexity index is 389. The lowest BCUT2D eigenvalue weighted by Gasteiger charge is -2.14. The molecule has 0 unspecified atom stereocenters. The highest BCUT2D eigenvalue weighted by atomic mass is 35.5. The van der Waals surface area contributed by atoms with E-state index in [2.05, 4.69) is 24.1 Å². The topological polar surface area (TPSA) is 34.1 Å². The van der Waals surface area contributed by atoms with Gasteiger partial charge in [-0.25, -0.2) is 4.98 Å². The third-order valence-electron chi connectivity index (χ3n) is 3.20. The van der Waals surface area contributed by atoms with Gasteiger partial charge in [-0.2, -0.15) is 0 Å². The summed E-state index contributed by atoms with van der Waals surface area (Å²) in [6, 6.07) is 2.39. The lowest BCUT2D eigenvalue weighted by atomic mass is 10.2. The number of ether oxygens (including phenoxy) is 1. The first-order valence-corrected chi connectivity index (χ1v) is 7.07. The standard InChI is InChI=1S/C14H21ClN2O/c1-10(2)16-8-11-7-14(17-9-13(11)15)18-12-5-3-4-6-12/h7,9-10,12,16H,3-6,8H2,1-2H3. The predicted molar refractivity (Wildman–Crippen MR) is 74.1 cm³/mol. The summed E-state index contributed by atoms with van der Waals surface area (Å²) in [4.78, 5) is 4.25. The third-order valence-corrected chi connectivity index (χ3v) is 3.54. The van der Waals surface area contributed by atoms with E-state index in [0.29, 0.717) is 23.0 Å². The van der Waals surface area contributed by atoms with Crippen LogP contribution >= 0.6 is 11.6 Å². The second-order valence-electron chi connectivity index (χ2n) is 5.17. The van der Waals surface area contributed by atoms with Gasteiger partial charge in [0.2, 0.25) is 5.88 Å². The second kappa shape index (κ2) is 6.39. The van der Waals surface area contributed by atoms with Crippen molar-refractivity contribution in [3.05, 3.63) is 22.8 Å². The molecular formula is C14H21ClN2O. The van der Waals surface area contributed by atoms with Gasteiger partial charge in [-0.3, -0.25) is 0 Å². The van der Waals surface area contributed by atoms with Gasteiger partial charge in [-0.1, -0.05) is 25.4 Å². The summed E-state index contributed by atoms with van der Waals surface area (Å²) in [5.74, 6) is 0.701. The molecule has 0 radical (unpaired) electrons. The molecule has 1 aromatic heterocycles. The highest BCUT2D eigenvalue weighted by Gasteiger charge is 2.17. The van der Waals surface area contributed by atoms with Gasteiger partial charge in [-0.15, -0.1) is 0 Å². The van der Waals surface area contributed by atoms with Crippen LogP contribution in [0, 0.1) is 0 Å². The van der Waals surface area contributed by atoms with Crippen molar-refractivity contribution in [3.8, 4) is 5.88 Å². The Morgan fingerprint density at radius 2 is 2.17 bits per heavy atom. The van der Waals surface area contributed by atoms with Crippen LogP contribution in [-0.4, -0.2) is 17.1 Å². The zero-order valence-electron chi connectivity index (χ0n) is 11.1. The molecule has 0 spiro atoms. The second-order valence-corrected chi connectivity index (χ2v) is 5.58. The molecule has 100 valence electrons. The first-order valence-electron chi connectivity index (χ1n) is 6.69. The Kier molecular flexibility index (Phi) is 4.84. The largest absolute Gasteiger partial charge is 0.474 e. The van der Waals surface area contributed by atoms with Gasteiger partial charge in [0.1, 0.15) is 6.10 Å². The van der Waals surface area contributed by atoms with Crippen molar-refractivity contribution in [1.82, 2.24) is 10.3 Å². The maximum absolute atomic E-state index is 6.14. The quantitative estimate of drug-likeness (QED) is 0.887. The van der Waals surface area contributed by atoms with Crippen molar-refractivity contribution in [2.75, 3.05) is 0 Å². The van der Waals surface area contributed by atoms with Crippen LogP contribution in [0.25, 0.3) is 0 Å². The number of halogens is 1. The van der Waals surface area contributed by atoms with Crippen LogP contribution < -0.4 is 10.1 Å². The van der Waals surface area contributed by atoms with E-state index in [1.165, 1.54) is 12.8 Å². The average Bonchev–Trinajstić information content (AvgIpc) is 2.82. The van der Waals surface area contributed by atoms with Gasteiger partial charge in [-0.05, 0) is 31.2 Å². The molecule has 0 atom stereocenters. The Hall–Kier alpha value is -0.800. The van der Waals surface area contributed by atoms with Crippen molar-refractivity contribution in [2.24, 2.45) is 0 Å². The predicted octanol–water partition coefficient (Wildman–Crippen LogP) is 3.55. The zero-order valence-corrected chi connectivity index (χ0v) is 11.8. The summed E-state index contributed by atoms with van der Waals surface area (Å²) in [5.41, 5.74) is 1.05. The molecule has 2 rings (SSSR count). The van der Waals surface area contributed by atoms with Crippen molar-refractivity contribution >= 4 is 11.6 Å². The molecule has 1 aliphatic rings. The van der Waals surface area contributed by atoms with E-state index in [9.17, 15) is 0 Å². The Morgan fingerprint density at radius 3 is 2.83 bits per heavy atom. The van der Waals surface area contributed by atoms with Crippen LogP contribution in [0.15, 0.2) is 12.3 Å². The van der Waals surface area contributed by atoms with Crippen LogP contribution in [0.1, 0.15) is 45.1 Å². The van der Waals surface area contributed by atoms with Crippen molar-refractivity contribution in [3.63, 3.8) is 0 Å². The number of rotatable bonds is 5. The minimum atomic E-state index is 0.338. The molecule has 1 aromatic rings. The summed E-state index contributed by atoms with van der Waals surface area (Å²) >= 11 is 6.14. The van der Waals surface area contributed by atoms with E-state index < -0.39 is 0 Å². The van der Waals surface area contributed by atoms with E-state index in [0.717, 1.165) is 24.9 Å².